The number of nitrogens with one attached hydrogen (secondary N) is 1. The number of carboxylic acids is 1. The molecular formula is C9H15N3O3S. The number of aliphatic carboxylic acids is 1. The monoisotopic (exact) mass is 245 g/mol. The third kappa shape index (κ3) is 2.46. The predicted molar refractivity (Wildman–Crippen MR) is 60.6 cm³/mol. The van der Waals surface area contributed by atoms with Crippen molar-refractivity contribution in [3.05, 3.63) is 10.5 Å². The molecule has 16 heavy (non-hydrogen) atoms. The summed E-state index contributed by atoms with van der Waals surface area (Å²) in [7, 11) is 1.56. The maximum Gasteiger partial charge on any atom is 0.343 e. The molecule has 7 heteroatoms. The lowest BCUT2D eigenvalue weighted by Gasteiger charge is -2.22. The quantitative estimate of drug-likeness (QED) is 0.751. The first-order valence-corrected chi connectivity index (χ1v) is 5.76. The van der Waals surface area contributed by atoms with E-state index in [0.717, 1.165) is 18.2 Å². The highest BCUT2D eigenvalue weighted by molar-refractivity contribution is 8.01. The highest BCUT2D eigenvalue weighted by atomic mass is 32.2. The first-order chi connectivity index (χ1) is 7.40. The Morgan fingerprint density at radius 3 is 2.69 bits per heavy atom. The number of H-pyrrole nitrogens is 1. The van der Waals surface area contributed by atoms with Gasteiger partial charge in [0.15, 0.2) is 5.16 Å². The summed E-state index contributed by atoms with van der Waals surface area (Å²) in [5.74, 6) is -0.894. The molecule has 0 aliphatic rings. The minimum atomic E-state index is -0.950. The van der Waals surface area contributed by atoms with Crippen LogP contribution in [0.3, 0.4) is 0 Å². The maximum absolute atomic E-state index is 11.2. The Hall–Kier alpha value is -1.24. The molecule has 0 aliphatic heterocycles. The van der Waals surface area contributed by atoms with Crippen LogP contribution in [0.1, 0.15) is 26.7 Å². The summed E-state index contributed by atoms with van der Waals surface area (Å²) in [4.78, 5) is 22.3. The molecule has 0 bridgehead atoms. The minimum absolute atomic E-state index is 0.341. The van der Waals surface area contributed by atoms with Gasteiger partial charge in [-0.2, -0.15) is 0 Å². The number of aromatic amines is 1. The lowest BCUT2D eigenvalue weighted by Crippen LogP contribution is -2.31. The number of thioether (sulfide) groups is 1. The first-order valence-electron chi connectivity index (χ1n) is 4.94. The number of aromatic nitrogens is 3. The molecule has 1 aromatic heterocycles. The van der Waals surface area contributed by atoms with Crippen molar-refractivity contribution in [3.8, 4) is 0 Å². The Balaban J connectivity index is 2.96. The number of hydrogen-bond donors (Lipinski definition) is 2. The van der Waals surface area contributed by atoms with Crippen LogP contribution in [0.2, 0.25) is 0 Å². The molecule has 2 N–H and O–H groups in total. The third-order valence-electron chi connectivity index (χ3n) is 2.33. The van der Waals surface area contributed by atoms with E-state index in [1.165, 1.54) is 4.57 Å². The highest BCUT2D eigenvalue weighted by Crippen LogP contribution is 2.34. The lowest BCUT2D eigenvalue weighted by atomic mass is 10.1. The molecule has 0 saturated carbocycles. The fourth-order valence-corrected chi connectivity index (χ4v) is 2.41. The van der Waals surface area contributed by atoms with E-state index < -0.39 is 10.7 Å². The zero-order valence-corrected chi connectivity index (χ0v) is 10.3. The average molecular weight is 245 g/mol. The van der Waals surface area contributed by atoms with Crippen LogP contribution in [0.5, 0.6) is 0 Å². The second-order valence-electron chi connectivity index (χ2n) is 3.76. The smallest absolute Gasteiger partial charge is 0.343 e. The zero-order valence-electron chi connectivity index (χ0n) is 9.48. The summed E-state index contributed by atoms with van der Waals surface area (Å²) in [6.07, 6.45) is 1.28. The van der Waals surface area contributed by atoms with Crippen molar-refractivity contribution >= 4 is 17.7 Å². The molecule has 0 amide bonds. The molecule has 0 radical (unpaired) electrons. The second-order valence-corrected chi connectivity index (χ2v) is 5.23. The van der Waals surface area contributed by atoms with Crippen molar-refractivity contribution in [2.24, 2.45) is 7.05 Å². The van der Waals surface area contributed by atoms with Crippen LogP contribution in [0.25, 0.3) is 0 Å². The van der Waals surface area contributed by atoms with Gasteiger partial charge in [-0.25, -0.2) is 9.89 Å². The fraction of sp³-hybridized carbons (Fsp3) is 0.667. The van der Waals surface area contributed by atoms with Gasteiger partial charge in [0.25, 0.3) is 0 Å². The molecule has 1 heterocycles. The van der Waals surface area contributed by atoms with Crippen LogP contribution in [-0.4, -0.2) is 30.6 Å². The number of rotatable bonds is 5. The summed E-state index contributed by atoms with van der Waals surface area (Å²) >= 11 is 1.09. The summed E-state index contributed by atoms with van der Waals surface area (Å²) in [6.45, 7) is 3.56. The van der Waals surface area contributed by atoms with Gasteiger partial charge in [-0.15, -0.1) is 5.10 Å². The van der Waals surface area contributed by atoms with E-state index in [4.69, 9.17) is 0 Å². The van der Waals surface area contributed by atoms with Gasteiger partial charge in [-0.3, -0.25) is 9.36 Å². The fourth-order valence-electron chi connectivity index (χ4n) is 1.30. The highest BCUT2D eigenvalue weighted by Gasteiger charge is 2.35. The van der Waals surface area contributed by atoms with E-state index in [1.807, 2.05) is 6.92 Å². The molecule has 0 spiro atoms. The minimum Gasteiger partial charge on any atom is -0.480 e. The van der Waals surface area contributed by atoms with E-state index in [9.17, 15) is 14.7 Å². The van der Waals surface area contributed by atoms with E-state index in [2.05, 4.69) is 10.2 Å². The van der Waals surface area contributed by atoms with Crippen LogP contribution < -0.4 is 5.69 Å². The van der Waals surface area contributed by atoms with Crippen LogP contribution in [-0.2, 0) is 11.8 Å². The Kier molecular flexibility index (Phi) is 3.79. The van der Waals surface area contributed by atoms with Crippen LogP contribution in [0, 0.1) is 0 Å². The van der Waals surface area contributed by atoms with E-state index in [1.54, 1.807) is 14.0 Å². The van der Waals surface area contributed by atoms with Crippen molar-refractivity contribution in [3.63, 3.8) is 0 Å². The summed E-state index contributed by atoms with van der Waals surface area (Å²) in [6, 6.07) is 0. The van der Waals surface area contributed by atoms with Crippen molar-refractivity contribution in [2.75, 3.05) is 0 Å². The molecule has 1 rings (SSSR count). The summed E-state index contributed by atoms with van der Waals surface area (Å²) in [5, 5.41) is 15.6. The Labute approximate surface area is 97.1 Å². The molecule has 0 fully saturated rings. The molecule has 90 valence electrons. The van der Waals surface area contributed by atoms with Crippen molar-refractivity contribution in [2.45, 2.75) is 36.6 Å². The van der Waals surface area contributed by atoms with Crippen LogP contribution in [0.4, 0.5) is 0 Å². The van der Waals surface area contributed by atoms with Crippen molar-refractivity contribution < 1.29 is 9.90 Å². The van der Waals surface area contributed by atoms with E-state index in [-0.39, 0.29) is 5.69 Å². The number of carbonyl (C=O) groups is 1. The number of hydrogen-bond acceptors (Lipinski definition) is 4. The van der Waals surface area contributed by atoms with E-state index in [0.29, 0.717) is 11.6 Å². The molecular weight excluding hydrogens is 230 g/mol. The molecule has 0 aliphatic carbocycles. The average Bonchev–Trinajstić information content (AvgIpc) is 2.50. The summed E-state index contributed by atoms with van der Waals surface area (Å²) < 4.78 is 0.357. The van der Waals surface area contributed by atoms with Crippen LogP contribution >= 0.6 is 11.8 Å². The zero-order chi connectivity index (χ0) is 12.3. The normalized spacial score (nSPS) is 14.7. The number of nitrogens with zero attached hydrogens (tertiary/aromatic N) is 2. The Morgan fingerprint density at radius 1 is 1.69 bits per heavy atom. The van der Waals surface area contributed by atoms with Crippen molar-refractivity contribution in [1.82, 2.24) is 14.8 Å². The summed E-state index contributed by atoms with van der Waals surface area (Å²) in [5.41, 5.74) is -0.341. The van der Waals surface area contributed by atoms with Gasteiger partial charge in [-0.1, -0.05) is 25.1 Å². The van der Waals surface area contributed by atoms with Gasteiger partial charge in [0.1, 0.15) is 4.75 Å². The Morgan fingerprint density at radius 2 is 2.31 bits per heavy atom. The van der Waals surface area contributed by atoms with Gasteiger partial charge < -0.3 is 5.11 Å². The topological polar surface area (TPSA) is 88.0 Å². The number of carboxylic acid groups (broad SMARTS) is 1. The van der Waals surface area contributed by atoms with Gasteiger partial charge in [0.2, 0.25) is 0 Å². The van der Waals surface area contributed by atoms with Crippen molar-refractivity contribution in [1.29, 1.82) is 0 Å². The standard InChI is InChI=1S/C9H15N3O3S/c1-4-5-9(2,6(13)14)16-8-11-10-7(15)12(8)3/h4-5H2,1-3H3,(H,10,15)(H,13,14). The third-order valence-corrected chi connectivity index (χ3v) is 3.71. The molecule has 0 aromatic carbocycles. The molecule has 0 saturated heterocycles. The lowest BCUT2D eigenvalue weighted by molar-refractivity contribution is -0.139. The predicted octanol–water partition coefficient (Wildman–Crippen LogP) is 0.844. The largest absolute Gasteiger partial charge is 0.480 e. The van der Waals surface area contributed by atoms with Gasteiger partial charge in [0.05, 0.1) is 0 Å². The molecule has 1 atom stereocenters. The molecule has 6 nitrogen and oxygen atoms in total. The Bertz CT molecular complexity index is 439. The second kappa shape index (κ2) is 4.73. The van der Waals surface area contributed by atoms with E-state index >= 15 is 0 Å². The van der Waals surface area contributed by atoms with Gasteiger partial charge >= 0.3 is 11.7 Å². The SMILES string of the molecule is CCCC(C)(Sc1n[nH]c(=O)n1C)C(=O)O. The van der Waals surface area contributed by atoms with Crippen LogP contribution in [0.15, 0.2) is 9.95 Å². The van der Waals surface area contributed by atoms with Gasteiger partial charge in [0, 0.05) is 7.05 Å². The molecule has 1 unspecified atom stereocenters. The molecule has 1 aromatic rings. The van der Waals surface area contributed by atoms with Gasteiger partial charge in [-0.05, 0) is 13.3 Å². The first kappa shape index (κ1) is 12.8. The maximum atomic E-state index is 11.2.